The molecule has 0 spiro atoms. The summed E-state index contributed by atoms with van der Waals surface area (Å²) in [5.74, 6) is 1.97. The molecule has 126 valence electrons. The Morgan fingerprint density at radius 1 is 1.25 bits per heavy atom. The molecule has 0 aromatic heterocycles. The number of hydrogen-bond donors (Lipinski definition) is 1. The average molecular weight is 387 g/mol. The number of halogens is 1. The minimum Gasteiger partial charge on any atom is -0.496 e. The van der Waals surface area contributed by atoms with Crippen molar-refractivity contribution in [3.8, 4) is 5.75 Å². The van der Waals surface area contributed by atoms with Crippen LogP contribution in [0.25, 0.3) is 0 Å². The summed E-state index contributed by atoms with van der Waals surface area (Å²) >= 11 is 3.56. The van der Waals surface area contributed by atoms with Crippen molar-refractivity contribution in [1.29, 1.82) is 0 Å². The molecule has 0 fully saturated rings. The van der Waals surface area contributed by atoms with Crippen molar-refractivity contribution < 1.29 is 4.74 Å². The number of methoxy groups -OCH3 is 1. The van der Waals surface area contributed by atoms with E-state index in [0.29, 0.717) is 6.04 Å². The van der Waals surface area contributed by atoms with Gasteiger partial charge in [0.2, 0.25) is 0 Å². The molecular formula is C20H23BrN2O. The number of nitrogens with one attached hydrogen (secondary N) is 1. The summed E-state index contributed by atoms with van der Waals surface area (Å²) in [6.07, 6.45) is 1.90. The zero-order chi connectivity index (χ0) is 17.1. The fraction of sp³-hybridized carbons (Fsp3) is 0.350. The summed E-state index contributed by atoms with van der Waals surface area (Å²) in [4.78, 5) is 4.66. The van der Waals surface area contributed by atoms with Gasteiger partial charge >= 0.3 is 0 Å². The Morgan fingerprint density at radius 2 is 2.08 bits per heavy atom. The molecule has 0 bridgehead atoms. The van der Waals surface area contributed by atoms with E-state index in [4.69, 9.17) is 4.74 Å². The molecule has 1 atom stereocenters. The number of amidine groups is 1. The number of aryl methyl sites for hydroxylation is 2. The second-order valence-corrected chi connectivity index (χ2v) is 7.21. The summed E-state index contributed by atoms with van der Waals surface area (Å²) in [5.41, 5.74) is 5.12. The van der Waals surface area contributed by atoms with Gasteiger partial charge in [0, 0.05) is 16.1 Å². The summed E-state index contributed by atoms with van der Waals surface area (Å²) in [6.45, 7) is 5.19. The highest BCUT2D eigenvalue weighted by Gasteiger charge is 2.18. The molecule has 0 radical (unpaired) electrons. The van der Waals surface area contributed by atoms with E-state index in [0.717, 1.165) is 35.4 Å². The monoisotopic (exact) mass is 386 g/mol. The van der Waals surface area contributed by atoms with E-state index in [9.17, 15) is 0 Å². The third kappa shape index (κ3) is 3.64. The van der Waals surface area contributed by atoms with Crippen LogP contribution < -0.4 is 10.1 Å². The first-order chi connectivity index (χ1) is 11.6. The van der Waals surface area contributed by atoms with Crippen molar-refractivity contribution in [3.63, 3.8) is 0 Å². The maximum Gasteiger partial charge on any atom is 0.128 e. The van der Waals surface area contributed by atoms with Gasteiger partial charge in [-0.15, -0.1) is 0 Å². The van der Waals surface area contributed by atoms with Gasteiger partial charge in [0.25, 0.3) is 0 Å². The van der Waals surface area contributed by atoms with Crippen LogP contribution in [0, 0.1) is 6.92 Å². The predicted molar refractivity (Wildman–Crippen MR) is 103 cm³/mol. The topological polar surface area (TPSA) is 33.6 Å². The molecule has 0 saturated carbocycles. The van der Waals surface area contributed by atoms with E-state index in [1.807, 2.05) is 12.1 Å². The Hall–Kier alpha value is -1.81. The van der Waals surface area contributed by atoms with Crippen LogP contribution in [0.2, 0.25) is 0 Å². The Bertz CT molecular complexity index is 770. The summed E-state index contributed by atoms with van der Waals surface area (Å²) < 4.78 is 6.59. The highest BCUT2D eigenvalue weighted by molar-refractivity contribution is 9.10. The zero-order valence-electron chi connectivity index (χ0n) is 14.4. The van der Waals surface area contributed by atoms with Gasteiger partial charge in [-0.3, -0.25) is 4.99 Å². The van der Waals surface area contributed by atoms with Gasteiger partial charge in [0.1, 0.15) is 11.6 Å². The summed E-state index contributed by atoms with van der Waals surface area (Å²) in [6, 6.07) is 13.0. The van der Waals surface area contributed by atoms with Crippen LogP contribution in [0.15, 0.2) is 45.9 Å². The molecular weight excluding hydrogens is 364 g/mol. The second kappa shape index (κ2) is 7.39. The Morgan fingerprint density at radius 3 is 2.79 bits per heavy atom. The van der Waals surface area contributed by atoms with Crippen molar-refractivity contribution in [2.75, 3.05) is 13.7 Å². The number of rotatable bonds is 5. The number of benzene rings is 2. The molecule has 1 N–H and O–H groups in total. The number of ether oxygens (including phenoxy) is 1. The maximum atomic E-state index is 5.51. The molecule has 2 aromatic carbocycles. The highest BCUT2D eigenvalue weighted by Crippen LogP contribution is 2.26. The van der Waals surface area contributed by atoms with Crippen LogP contribution in [-0.2, 0) is 12.8 Å². The van der Waals surface area contributed by atoms with Crippen molar-refractivity contribution in [2.24, 2.45) is 4.99 Å². The maximum absolute atomic E-state index is 5.51. The van der Waals surface area contributed by atoms with Crippen LogP contribution in [0.4, 0.5) is 0 Å². The molecule has 3 rings (SSSR count). The van der Waals surface area contributed by atoms with Gasteiger partial charge in [0.15, 0.2) is 0 Å². The standard InChI is InChI=1S/C20H23BrN2O/c1-13-5-4-6-18(20-22-12-14(2)23-20)17(13)9-7-15-11-16(21)8-10-19(15)24-3/h4-6,8,10-11,14H,7,9,12H2,1-3H3,(H,22,23). The van der Waals surface area contributed by atoms with Crippen LogP contribution in [-0.4, -0.2) is 25.5 Å². The molecule has 0 amide bonds. The predicted octanol–water partition coefficient (Wildman–Crippen LogP) is 4.29. The third-order valence-electron chi connectivity index (χ3n) is 4.46. The van der Waals surface area contributed by atoms with Crippen LogP contribution in [0.1, 0.15) is 29.2 Å². The first-order valence-electron chi connectivity index (χ1n) is 8.30. The molecule has 1 heterocycles. The Balaban J connectivity index is 1.87. The fourth-order valence-corrected chi connectivity index (χ4v) is 3.58. The van der Waals surface area contributed by atoms with Gasteiger partial charge < -0.3 is 10.1 Å². The molecule has 1 unspecified atom stereocenters. The lowest BCUT2D eigenvalue weighted by molar-refractivity contribution is 0.409. The number of hydrogen-bond acceptors (Lipinski definition) is 3. The fourth-order valence-electron chi connectivity index (χ4n) is 3.17. The molecule has 3 nitrogen and oxygen atoms in total. The van der Waals surface area contributed by atoms with E-state index < -0.39 is 0 Å². The first kappa shape index (κ1) is 17.0. The minimum atomic E-state index is 0.415. The van der Waals surface area contributed by atoms with Gasteiger partial charge in [-0.2, -0.15) is 0 Å². The van der Waals surface area contributed by atoms with E-state index in [1.165, 1.54) is 22.3 Å². The Kier molecular flexibility index (Phi) is 5.24. The van der Waals surface area contributed by atoms with Crippen molar-refractivity contribution in [1.82, 2.24) is 5.32 Å². The van der Waals surface area contributed by atoms with Gasteiger partial charge in [0.05, 0.1) is 13.7 Å². The van der Waals surface area contributed by atoms with Crippen LogP contribution >= 0.6 is 15.9 Å². The molecule has 2 aromatic rings. The zero-order valence-corrected chi connectivity index (χ0v) is 16.0. The molecule has 0 aliphatic carbocycles. The normalized spacial score (nSPS) is 16.7. The number of nitrogens with zero attached hydrogens (tertiary/aromatic N) is 1. The van der Waals surface area contributed by atoms with Gasteiger partial charge in [-0.25, -0.2) is 0 Å². The largest absolute Gasteiger partial charge is 0.496 e. The summed E-state index contributed by atoms with van der Waals surface area (Å²) in [7, 11) is 1.73. The molecule has 0 saturated heterocycles. The molecule has 1 aliphatic rings. The Labute approximate surface area is 152 Å². The third-order valence-corrected chi connectivity index (χ3v) is 4.95. The van der Waals surface area contributed by atoms with E-state index in [-0.39, 0.29) is 0 Å². The lowest BCUT2D eigenvalue weighted by atomic mass is 9.94. The quantitative estimate of drug-likeness (QED) is 0.831. The van der Waals surface area contributed by atoms with Crippen LogP contribution in [0.3, 0.4) is 0 Å². The first-order valence-corrected chi connectivity index (χ1v) is 9.10. The van der Waals surface area contributed by atoms with E-state index in [2.05, 4.69) is 64.4 Å². The lowest BCUT2D eigenvalue weighted by Gasteiger charge is -2.15. The molecule has 1 aliphatic heterocycles. The molecule has 4 heteroatoms. The summed E-state index contributed by atoms with van der Waals surface area (Å²) in [5, 5.41) is 3.49. The van der Waals surface area contributed by atoms with E-state index >= 15 is 0 Å². The van der Waals surface area contributed by atoms with Crippen molar-refractivity contribution >= 4 is 21.8 Å². The van der Waals surface area contributed by atoms with E-state index in [1.54, 1.807) is 7.11 Å². The SMILES string of the molecule is COc1ccc(Br)cc1CCc1c(C)cccc1C1=NCC(C)N1. The molecule has 24 heavy (non-hydrogen) atoms. The lowest BCUT2D eigenvalue weighted by Crippen LogP contribution is -2.28. The average Bonchev–Trinajstić information content (AvgIpc) is 3.00. The van der Waals surface area contributed by atoms with Crippen LogP contribution in [0.5, 0.6) is 5.75 Å². The van der Waals surface area contributed by atoms with Crippen molar-refractivity contribution in [2.45, 2.75) is 32.7 Å². The highest BCUT2D eigenvalue weighted by atomic mass is 79.9. The van der Waals surface area contributed by atoms with Crippen molar-refractivity contribution in [3.05, 3.63) is 63.1 Å². The second-order valence-electron chi connectivity index (χ2n) is 6.29. The van der Waals surface area contributed by atoms with Gasteiger partial charge in [-0.1, -0.05) is 34.1 Å². The number of aliphatic imine (C=N–C) groups is 1. The van der Waals surface area contributed by atoms with Gasteiger partial charge in [-0.05, 0) is 61.6 Å². The minimum absolute atomic E-state index is 0.415. The smallest absolute Gasteiger partial charge is 0.128 e.